The third-order valence-corrected chi connectivity index (χ3v) is 4.89. The van der Waals surface area contributed by atoms with Crippen LogP contribution in [-0.2, 0) is 23.7 Å². The van der Waals surface area contributed by atoms with Crippen LogP contribution in [0.5, 0.6) is 0 Å². The van der Waals surface area contributed by atoms with Gasteiger partial charge in [0.25, 0.3) is 0 Å². The Morgan fingerprint density at radius 2 is 1.60 bits per heavy atom. The van der Waals surface area contributed by atoms with Crippen LogP contribution in [0.4, 0.5) is 4.79 Å². The third-order valence-electron chi connectivity index (χ3n) is 4.89. The molecule has 9 nitrogen and oxygen atoms in total. The minimum Gasteiger partial charge on any atom is -1.00 e. The van der Waals surface area contributed by atoms with Gasteiger partial charge in [0.2, 0.25) is 0 Å². The standard InChI is InChI=1S/C12H21NO5.C7H15NO2.Al.Li.4H/c1-12(2,3)18-11(15)13-7-8(16-4)6-9(13)10(14)17-5;1-8-4-7(10-2)3-6(8)5-9;;;;;;/h8-9H,6-7H2,1-5H3;6-7,9H,3-5H2,1-2H3;;;;;;/q;;;+1;;;;-1/t8-,9+;6-,7+;;;;;;/m10....../s1. The van der Waals surface area contributed by atoms with Gasteiger partial charge in [-0.1, -0.05) is 0 Å². The Bertz CT molecular complexity index is 528. The fourth-order valence-corrected chi connectivity index (χ4v) is 3.26. The molecule has 0 aliphatic carbocycles. The molecule has 30 heavy (non-hydrogen) atoms. The molecule has 0 unspecified atom stereocenters. The molecule has 2 aliphatic rings. The van der Waals surface area contributed by atoms with E-state index in [2.05, 4.69) is 4.90 Å². The van der Waals surface area contributed by atoms with E-state index >= 15 is 0 Å². The topological polar surface area (TPSA) is 97.8 Å². The van der Waals surface area contributed by atoms with E-state index in [-0.39, 0.29) is 50.4 Å². The minimum absolute atomic E-state index is 0. The molecule has 0 radical (unpaired) electrons. The number of rotatable bonds is 4. The van der Waals surface area contributed by atoms with Crippen LogP contribution in [0.25, 0.3) is 0 Å². The monoisotopic (exact) mass is 442 g/mol. The molecule has 0 bridgehead atoms. The number of likely N-dealkylation sites (N-methyl/N-ethyl adjacent to an activating group) is 1. The van der Waals surface area contributed by atoms with Crippen molar-refractivity contribution in [3.05, 3.63) is 0 Å². The maximum absolute atomic E-state index is 12.0. The van der Waals surface area contributed by atoms with Gasteiger partial charge in [-0.25, -0.2) is 9.59 Å². The normalized spacial score (nSPS) is 26.1. The molecular formula is C19H40AlLiN2O7. The molecule has 2 saturated heterocycles. The molecule has 0 aromatic heterocycles. The van der Waals surface area contributed by atoms with Gasteiger partial charge in [-0.2, -0.15) is 0 Å². The van der Waals surface area contributed by atoms with Crippen LogP contribution in [0.15, 0.2) is 0 Å². The van der Waals surface area contributed by atoms with Gasteiger partial charge in [0, 0.05) is 33.2 Å². The molecule has 0 saturated carbocycles. The van der Waals surface area contributed by atoms with Gasteiger partial charge >= 0.3 is 30.9 Å². The second-order valence-electron chi connectivity index (χ2n) is 8.13. The SMILES string of the molecule is COC(=O)[C@@H]1C[C@@H](OC)CN1C(=O)OC(C)(C)C.CO[C@@H]1C[C@@H](CO)N(C)C1.[AlH3].[H-].[Li+]. The number of aliphatic hydroxyl groups excluding tert-OH is 1. The van der Waals surface area contributed by atoms with Crippen LogP contribution in [0.2, 0.25) is 0 Å². The number of amides is 1. The van der Waals surface area contributed by atoms with Gasteiger partial charge in [0.05, 0.1) is 32.5 Å². The van der Waals surface area contributed by atoms with E-state index in [1.54, 1.807) is 35.0 Å². The summed E-state index contributed by atoms with van der Waals surface area (Å²) in [4.78, 5) is 27.1. The Labute approximate surface area is 204 Å². The molecular weight excluding hydrogens is 402 g/mol. The van der Waals surface area contributed by atoms with Crippen LogP contribution >= 0.6 is 0 Å². The number of esters is 1. The van der Waals surface area contributed by atoms with Gasteiger partial charge in [-0.05, 0) is 34.2 Å². The van der Waals surface area contributed by atoms with E-state index in [4.69, 9.17) is 24.1 Å². The summed E-state index contributed by atoms with van der Waals surface area (Å²) in [6.07, 6.45) is 1.03. The molecule has 172 valence electrons. The summed E-state index contributed by atoms with van der Waals surface area (Å²) in [7, 11) is 6.59. The number of likely N-dealkylation sites (tertiary alicyclic amines) is 2. The van der Waals surface area contributed by atoms with Crippen LogP contribution < -0.4 is 18.9 Å². The Morgan fingerprint density at radius 3 is 1.97 bits per heavy atom. The van der Waals surface area contributed by atoms with Crippen molar-refractivity contribution in [2.24, 2.45) is 0 Å². The van der Waals surface area contributed by atoms with Crippen molar-refractivity contribution in [3.63, 3.8) is 0 Å². The molecule has 1 N–H and O–H groups in total. The molecule has 0 aromatic carbocycles. The number of carbonyl (C=O) groups is 2. The molecule has 0 aromatic rings. The Morgan fingerprint density at radius 1 is 1.07 bits per heavy atom. The van der Waals surface area contributed by atoms with E-state index in [0.29, 0.717) is 25.1 Å². The van der Waals surface area contributed by atoms with Crippen molar-refractivity contribution in [1.82, 2.24) is 9.80 Å². The van der Waals surface area contributed by atoms with Crippen molar-refractivity contribution < 1.29 is 53.9 Å². The largest absolute Gasteiger partial charge is 1.00 e. The first-order valence-corrected chi connectivity index (χ1v) is 9.50. The van der Waals surface area contributed by atoms with Crippen molar-refractivity contribution >= 4 is 29.4 Å². The van der Waals surface area contributed by atoms with Crippen LogP contribution in [0.3, 0.4) is 0 Å². The summed E-state index contributed by atoms with van der Waals surface area (Å²) < 4.78 is 20.3. The average Bonchev–Trinajstić information content (AvgIpc) is 3.23. The van der Waals surface area contributed by atoms with E-state index in [9.17, 15) is 9.59 Å². The van der Waals surface area contributed by atoms with Crippen LogP contribution in [0, 0.1) is 0 Å². The van der Waals surface area contributed by atoms with Crippen molar-refractivity contribution in [1.29, 1.82) is 0 Å². The van der Waals surface area contributed by atoms with Crippen LogP contribution in [0.1, 0.15) is 35.0 Å². The number of hydrogen-bond donors (Lipinski definition) is 1. The first-order chi connectivity index (χ1) is 13.1. The summed E-state index contributed by atoms with van der Waals surface area (Å²) in [6.45, 7) is 6.87. The maximum atomic E-state index is 12.0. The average molecular weight is 442 g/mol. The number of hydrogen-bond acceptors (Lipinski definition) is 8. The van der Waals surface area contributed by atoms with Gasteiger partial charge < -0.3 is 25.5 Å². The molecule has 1 amide bonds. The first kappa shape index (κ1) is 31.9. The first-order valence-electron chi connectivity index (χ1n) is 9.50. The number of carbonyl (C=O) groups excluding carboxylic acids is 2. The maximum Gasteiger partial charge on any atom is 1.00 e. The predicted octanol–water partition coefficient (Wildman–Crippen LogP) is -3.19. The van der Waals surface area contributed by atoms with E-state index in [1.165, 1.54) is 12.0 Å². The molecule has 2 rings (SSSR count). The van der Waals surface area contributed by atoms with E-state index < -0.39 is 23.7 Å². The summed E-state index contributed by atoms with van der Waals surface area (Å²) in [5.74, 6) is -0.444. The second kappa shape index (κ2) is 14.7. The second-order valence-corrected chi connectivity index (χ2v) is 8.13. The van der Waals surface area contributed by atoms with Crippen molar-refractivity contribution in [2.75, 3.05) is 48.1 Å². The van der Waals surface area contributed by atoms with Gasteiger partial charge in [0.1, 0.15) is 11.6 Å². The van der Waals surface area contributed by atoms with Gasteiger partial charge in [-0.15, -0.1) is 0 Å². The molecule has 2 fully saturated rings. The molecule has 0 spiro atoms. The Balaban J connectivity index is -0.000000521. The number of methoxy groups -OCH3 is 3. The third kappa shape index (κ3) is 9.89. The zero-order valence-electron chi connectivity index (χ0n) is 20.1. The fraction of sp³-hybridized carbons (Fsp3) is 0.895. The molecule has 2 heterocycles. The summed E-state index contributed by atoms with van der Waals surface area (Å²) in [5.41, 5.74) is -0.594. The van der Waals surface area contributed by atoms with Crippen LogP contribution in [-0.4, -0.2) is 122 Å². The minimum atomic E-state index is -0.630. The summed E-state index contributed by atoms with van der Waals surface area (Å²) in [6, 6.07) is -0.320. The molecule has 11 heteroatoms. The number of nitrogens with zero attached hydrogens (tertiary/aromatic N) is 2. The summed E-state index contributed by atoms with van der Waals surface area (Å²) >= 11 is 0. The van der Waals surface area contributed by atoms with Crippen molar-refractivity contribution in [2.45, 2.75) is 63.5 Å². The smallest absolute Gasteiger partial charge is 1.00 e. The van der Waals surface area contributed by atoms with Crippen molar-refractivity contribution in [3.8, 4) is 0 Å². The molecule has 2 aliphatic heterocycles. The number of aliphatic hydroxyl groups is 1. The van der Waals surface area contributed by atoms with Gasteiger partial charge in [-0.3, -0.25) is 9.80 Å². The predicted molar refractivity (Wildman–Crippen MR) is 114 cm³/mol. The fourth-order valence-electron chi connectivity index (χ4n) is 3.26. The quantitative estimate of drug-likeness (QED) is 0.360. The van der Waals surface area contributed by atoms with E-state index in [1.807, 2.05) is 7.05 Å². The Kier molecular flexibility index (Phi) is 15.6. The zero-order valence-corrected chi connectivity index (χ0v) is 19.1. The molecule has 4 atom stereocenters. The zero-order chi connectivity index (χ0) is 21.5. The van der Waals surface area contributed by atoms with E-state index in [0.717, 1.165) is 13.0 Å². The Hall–Kier alpha value is -0.290. The van der Waals surface area contributed by atoms with Gasteiger partial charge in [0.15, 0.2) is 17.4 Å². The summed E-state index contributed by atoms with van der Waals surface area (Å²) in [5, 5.41) is 8.85. The number of ether oxygens (including phenoxy) is 4.